The second-order valence-corrected chi connectivity index (χ2v) is 10.1. The van der Waals surface area contributed by atoms with Gasteiger partial charge in [0, 0.05) is 15.8 Å². The number of nitrogens with zero attached hydrogens (tertiary/aromatic N) is 1. The number of esters is 1. The maximum atomic E-state index is 13.7. The lowest BCUT2D eigenvalue weighted by molar-refractivity contribution is 0.0600. The van der Waals surface area contributed by atoms with Crippen molar-refractivity contribution in [2.24, 2.45) is 5.92 Å². The van der Waals surface area contributed by atoms with Crippen LogP contribution in [0, 0.1) is 5.92 Å². The van der Waals surface area contributed by atoms with E-state index in [9.17, 15) is 9.59 Å². The van der Waals surface area contributed by atoms with Crippen LogP contribution < -0.4 is 10.1 Å². The van der Waals surface area contributed by atoms with Gasteiger partial charge in [0.2, 0.25) is 0 Å². The van der Waals surface area contributed by atoms with Crippen LogP contribution in [-0.4, -0.2) is 31.1 Å². The zero-order valence-electron chi connectivity index (χ0n) is 20.6. The van der Waals surface area contributed by atoms with Crippen LogP contribution in [0.15, 0.2) is 54.6 Å². The molecule has 2 heterocycles. The topological polar surface area (TPSA) is 77.5 Å². The molecule has 1 N–H and O–H groups in total. The number of fused-ring (bicyclic) bond motifs is 2. The lowest BCUT2D eigenvalue weighted by Gasteiger charge is -2.20. The average molecular weight is 501 g/mol. The van der Waals surface area contributed by atoms with Gasteiger partial charge in [-0.2, -0.15) is 0 Å². The number of carbonyl (C=O) groups is 2. The first-order chi connectivity index (χ1) is 17.5. The van der Waals surface area contributed by atoms with Gasteiger partial charge >= 0.3 is 5.97 Å². The van der Waals surface area contributed by atoms with Crippen LogP contribution >= 0.6 is 11.3 Å². The van der Waals surface area contributed by atoms with Crippen molar-refractivity contribution in [1.29, 1.82) is 0 Å². The summed E-state index contributed by atoms with van der Waals surface area (Å²) in [6, 6.07) is 17.0. The predicted molar refractivity (Wildman–Crippen MR) is 143 cm³/mol. The van der Waals surface area contributed by atoms with Crippen molar-refractivity contribution in [3.63, 3.8) is 0 Å². The number of nitrogens with one attached hydrogen (secondary N) is 1. The first-order valence-electron chi connectivity index (χ1n) is 12.1. The standard InChI is InChI=1S/C29H28N2O4S/c1-4-17-12-13-21-25(14-17)36-28(26(21)29(33)35-3)31-27(32)22-16-24(18-8-7-9-19(15-18)34-2)30-23-11-6-5-10-20(22)23/h5-11,15-17H,4,12-14H2,1-3H3,(H,31,32). The van der Waals surface area contributed by atoms with Gasteiger partial charge in [-0.1, -0.05) is 43.7 Å². The normalized spacial score (nSPS) is 14.8. The number of amides is 1. The zero-order chi connectivity index (χ0) is 25.2. The summed E-state index contributed by atoms with van der Waals surface area (Å²) in [5.74, 6) is 0.619. The fourth-order valence-corrected chi connectivity index (χ4v) is 6.22. The highest BCUT2D eigenvalue weighted by molar-refractivity contribution is 7.17. The van der Waals surface area contributed by atoms with Gasteiger partial charge in [-0.15, -0.1) is 11.3 Å². The highest BCUT2D eigenvalue weighted by atomic mass is 32.1. The molecule has 2 aromatic carbocycles. The van der Waals surface area contributed by atoms with E-state index < -0.39 is 5.97 Å². The molecule has 0 fully saturated rings. The number of methoxy groups -OCH3 is 2. The number of pyridine rings is 1. The Morgan fingerprint density at radius 3 is 2.72 bits per heavy atom. The monoisotopic (exact) mass is 500 g/mol. The number of benzene rings is 2. The number of carbonyl (C=O) groups excluding carboxylic acids is 2. The van der Waals surface area contributed by atoms with Gasteiger partial charge in [-0.3, -0.25) is 4.79 Å². The lowest BCUT2D eigenvalue weighted by Crippen LogP contribution is -2.17. The zero-order valence-corrected chi connectivity index (χ0v) is 21.4. The molecule has 1 aliphatic carbocycles. The van der Waals surface area contributed by atoms with Gasteiger partial charge in [-0.05, 0) is 55.0 Å². The van der Waals surface area contributed by atoms with E-state index in [2.05, 4.69) is 12.2 Å². The van der Waals surface area contributed by atoms with Gasteiger partial charge in [0.1, 0.15) is 10.8 Å². The highest BCUT2D eigenvalue weighted by Crippen LogP contribution is 2.41. The van der Waals surface area contributed by atoms with Crippen molar-refractivity contribution in [3.05, 3.63) is 76.2 Å². The van der Waals surface area contributed by atoms with Crippen molar-refractivity contribution in [3.8, 4) is 17.0 Å². The van der Waals surface area contributed by atoms with Gasteiger partial charge in [-0.25, -0.2) is 9.78 Å². The molecule has 4 aromatic rings. The van der Waals surface area contributed by atoms with E-state index >= 15 is 0 Å². The molecule has 0 saturated carbocycles. The van der Waals surface area contributed by atoms with Crippen LogP contribution in [-0.2, 0) is 17.6 Å². The van der Waals surface area contributed by atoms with Crippen LogP contribution in [0.4, 0.5) is 5.00 Å². The summed E-state index contributed by atoms with van der Waals surface area (Å²) in [4.78, 5) is 32.4. The third-order valence-corrected chi connectivity index (χ3v) is 8.06. The molecule has 2 aromatic heterocycles. The Balaban J connectivity index is 1.57. The minimum absolute atomic E-state index is 0.284. The predicted octanol–water partition coefficient (Wildman–Crippen LogP) is 6.53. The number of para-hydroxylation sites is 1. The van der Waals surface area contributed by atoms with Crippen LogP contribution in [0.2, 0.25) is 0 Å². The number of anilines is 1. The summed E-state index contributed by atoms with van der Waals surface area (Å²) in [6.45, 7) is 2.20. The van der Waals surface area contributed by atoms with E-state index in [0.29, 0.717) is 39.0 Å². The molecule has 7 heteroatoms. The summed E-state index contributed by atoms with van der Waals surface area (Å²) in [5.41, 5.74) is 4.23. The molecule has 1 unspecified atom stereocenters. The Bertz CT molecular complexity index is 1460. The van der Waals surface area contributed by atoms with Crippen molar-refractivity contribution in [2.45, 2.75) is 32.6 Å². The molecule has 1 amide bonds. The third kappa shape index (κ3) is 4.46. The fraction of sp³-hybridized carbons (Fsp3) is 0.276. The number of hydrogen-bond acceptors (Lipinski definition) is 6. The Morgan fingerprint density at radius 2 is 1.94 bits per heavy atom. The van der Waals surface area contributed by atoms with Crippen molar-refractivity contribution in [2.75, 3.05) is 19.5 Å². The second kappa shape index (κ2) is 10.1. The lowest BCUT2D eigenvalue weighted by atomic mass is 9.85. The third-order valence-electron chi connectivity index (χ3n) is 6.89. The maximum Gasteiger partial charge on any atom is 0.341 e. The molecular formula is C29H28N2O4S. The van der Waals surface area contributed by atoms with Gasteiger partial charge in [0.05, 0.1) is 36.6 Å². The summed E-state index contributed by atoms with van der Waals surface area (Å²) in [5, 5.41) is 4.35. The number of ether oxygens (including phenoxy) is 2. The molecule has 184 valence electrons. The van der Waals surface area contributed by atoms with E-state index in [-0.39, 0.29) is 5.91 Å². The summed E-state index contributed by atoms with van der Waals surface area (Å²) in [7, 11) is 3.00. The van der Waals surface area contributed by atoms with Crippen LogP contribution in [0.5, 0.6) is 5.75 Å². The van der Waals surface area contributed by atoms with E-state index in [1.54, 1.807) is 13.2 Å². The molecule has 0 radical (unpaired) electrons. The Morgan fingerprint density at radius 1 is 1.11 bits per heavy atom. The van der Waals surface area contributed by atoms with E-state index in [1.807, 2.05) is 48.5 Å². The van der Waals surface area contributed by atoms with E-state index in [4.69, 9.17) is 14.5 Å². The first-order valence-corrected chi connectivity index (χ1v) is 12.9. The molecule has 0 saturated heterocycles. The molecule has 6 nitrogen and oxygen atoms in total. The number of thiophene rings is 1. The summed E-state index contributed by atoms with van der Waals surface area (Å²) >= 11 is 1.49. The molecule has 5 rings (SSSR count). The Labute approximate surface area is 214 Å². The molecular weight excluding hydrogens is 472 g/mol. The van der Waals surface area contributed by atoms with Crippen molar-refractivity contribution in [1.82, 2.24) is 4.98 Å². The molecule has 1 atom stereocenters. The summed E-state index contributed by atoms with van der Waals surface area (Å²) < 4.78 is 10.5. The number of hydrogen-bond donors (Lipinski definition) is 1. The van der Waals surface area contributed by atoms with E-state index in [0.717, 1.165) is 42.2 Å². The van der Waals surface area contributed by atoms with Crippen LogP contribution in [0.1, 0.15) is 50.9 Å². The largest absolute Gasteiger partial charge is 0.497 e. The van der Waals surface area contributed by atoms with Gasteiger partial charge in [0.15, 0.2) is 0 Å². The van der Waals surface area contributed by atoms with Crippen LogP contribution in [0.3, 0.4) is 0 Å². The maximum absolute atomic E-state index is 13.7. The molecule has 0 aliphatic heterocycles. The number of aromatic nitrogens is 1. The average Bonchev–Trinajstić information content (AvgIpc) is 3.28. The minimum Gasteiger partial charge on any atom is -0.497 e. The minimum atomic E-state index is -0.408. The smallest absolute Gasteiger partial charge is 0.341 e. The van der Waals surface area contributed by atoms with Crippen molar-refractivity contribution < 1.29 is 19.1 Å². The van der Waals surface area contributed by atoms with E-state index in [1.165, 1.54) is 23.3 Å². The van der Waals surface area contributed by atoms with Gasteiger partial charge in [0.25, 0.3) is 5.91 Å². The molecule has 0 bridgehead atoms. The van der Waals surface area contributed by atoms with Gasteiger partial charge < -0.3 is 14.8 Å². The SMILES string of the molecule is CCC1CCc2c(sc(NC(=O)c3cc(-c4cccc(OC)c4)nc4ccccc34)c2C(=O)OC)C1. The number of rotatable bonds is 6. The molecule has 0 spiro atoms. The molecule has 1 aliphatic rings. The molecule has 36 heavy (non-hydrogen) atoms. The van der Waals surface area contributed by atoms with Crippen molar-refractivity contribution >= 4 is 39.1 Å². The Hall–Kier alpha value is -3.71. The van der Waals surface area contributed by atoms with Crippen LogP contribution in [0.25, 0.3) is 22.2 Å². The first kappa shape index (κ1) is 24.0. The fourth-order valence-electron chi connectivity index (χ4n) is 4.87. The second-order valence-electron chi connectivity index (χ2n) is 8.97. The summed E-state index contributed by atoms with van der Waals surface area (Å²) in [6.07, 6.45) is 3.89. The quantitative estimate of drug-likeness (QED) is 0.305. The highest BCUT2D eigenvalue weighted by Gasteiger charge is 2.30. The Kier molecular flexibility index (Phi) is 6.74.